The van der Waals surface area contributed by atoms with E-state index in [9.17, 15) is 9.59 Å². The van der Waals surface area contributed by atoms with Crippen molar-refractivity contribution in [3.8, 4) is 11.5 Å². The number of carbonyl (C=O) groups is 2. The van der Waals surface area contributed by atoms with Gasteiger partial charge in [0, 0.05) is 12.2 Å². The molecule has 1 aromatic heterocycles. The van der Waals surface area contributed by atoms with Gasteiger partial charge in [0.05, 0.1) is 17.2 Å². The van der Waals surface area contributed by atoms with Crippen LogP contribution in [0.5, 0.6) is 11.5 Å². The van der Waals surface area contributed by atoms with Gasteiger partial charge in [0.15, 0.2) is 6.61 Å². The summed E-state index contributed by atoms with van der Waals surface area (Å²) >= 11 is 1.38. The molecule has 154 valence electrons. The van der Waals surface area contributed by atoms with Gasteiger partial charge in [-0.15, -0.1) is 11.3 Å². The predicted octanol–water partition coefficient (Wildman–Crippen LogP) is 4.50. The Labute approximate surface area is 179 Å². The maximum atomic E-state index is 12.5. The van der Waals surface area contributed by atoms with Gasteiger partial charge in [-0.3, -0.25) is 9.59 Å². The fourth-order valence-electron chi connectivity index (χ4n) is 3.24. The molecular formula is C23H22N2O4S. The number of benzene rings is 2. The molecule has 1 aliphatic heterocycles. The number of rotatable bonds is 7. The van der Waals surface area contributed by atoms with Crippen molar-refractivity contribution >= 4 is 34.5 Å². The molecule has 0 saturated carbocycles. The van der Waals surface area contributed by atoms with E-state index in [0.29, 0.717) is 41.6 Å². The second-order valence-electron chi connectivity index (χ2n) is 6.97. The number of hydrogen-bond donors (Lipinski definition) is 1. The zero-order valence-corrected chi connectivity index (χ0v) is 17.4. The maximum absolute atomic E-state index is 12.5. The number of nitrogens with one attached hydrogen (secondary N) is 1. The summed E-state index contributed by atoms with van der Waals surface area (Å²) in [6.07, 6.45) is 0.672. The van der Waals surface area contributed by atoms with Gasteiger partial charge in [-0.05, 0) is 60.7 Å². The van der Waals surface area contributed by atoms with Gasteiger partial charge in [-0.25, -0.2) is 0 Å². The van der Waals surface area contributed by atoms with Crippen molar-refractivity contribution in [2.45, 2.75) is 13.3 Å². The molecule has 2 heterocycles. The zero-order chi connectivity index (χ0) is 20.9. The molecule has 2 amide bonds. The fourth-order valence-corrected chi connectivity index (χ4v) is 3.86. The molecule has 0 aliphatic carbocycles. The Hall–Kier alpha value is -3.32. The van der Waals surface area contributed by atoms with Crippen LogP contribution in [0.3, 0.4) is 0 Å². The highest BCUT2D eigenvalue weighted by Gasteiger charge is 2.25. The van der Waals surface area contributed by atoms with E-state index in [1.165, 1.54) is 11.3 Å². The lowest BCUT2D eigenvalue weighted by molar-refractivity contribution is -0.121. The van der Waals surface area contributed by atoms with Crippen LogP contribution in [0.2, 0.25) is 0 Å². The number of aryl methyl sites for hydroxylation is 1. The largest absolute Gasteiger partial charge is 0.494 e. The Morgan fingerprint density at radius 2 is 2.10 bits per heavy atom. The minimum absolute atomic E-state index is 0.00659. The van der Waals surface area contributed by atoms with Gasteiger partial charge < -0.3 is 19.7 Å². The van der Waals surface area contributed by atoms with Crippen LogP contribution in [0.25, 0.3) is 0 Å². The highest BCUT2D eigenvalue weighted by Crippen LogP contribution is 2.35. The summed E-state index contributed by atoms with van der Waals surface area (Å²) in [4.78, 5) is 27.1. The lowest BCUT2D eigenvalue weighted by atomic mass is 10.2. The third-order valence-electron chi connectivity index (χ3n) is 4.69. The van der Waals surface area contributed by atoms with Crippen LogP contribution in [0.4, 0.5) is 11.4 Å². The number of anilines is 2. The average molecular weight is 423 g/mol. The number of carbonyl (C=O) groups excluding carboxylic acids is 2. The fraction of sp³-hybridized carbons (Fsp3) is 0.217. The first kappa shape index (κ1) is 20.0. The molecule has 0 saturated heterocycles. The molecule has 0 radical (unpaired) electrons. The van der Waals surface area contributed by atoms with E-state index in [4.69, 9.17) is 9.47 Å². The third-order valence-corrected chi connectivity index (χ3v) is 5.56. The highest BCUT2D eigenvalue weighted by atomic mass is 32.1. The van der Waals surface area contributed by atoms with Crippen molar-refractivity contribution < 1.29 is 19.1 Å². The molecule has 0 spiro atoms. The van der Waals surface area contributed by atoms with E-state index in [-0.39, 0.29) is 18.4 Å². The van der Waals surface area contributed by atoms with Crippen molar-refractivity contribution in [2.24, 2.45) is 0 Å². The molecule has 1 aliphatic rings. The average Bonchev–Trinajstić information content (AvgIpc) is 3.28. The van der Waals surface area contributed by atoms with Crippen LogP contribution in [-0.2, 0) is 4.79 Å². The summed E-state index contributed by atoms with van der Waals surface area (Å²) in [5.74, 6) is 1.16. The number of hydrogen-bond acceptors (Lipinski definition) is 5. The van der Waals surface area contributed by atoms with Gasteiger partial charge in [-0.2, -0.15) is 0 Å². The molecule has 1 N–H and O–H groups in total. The van der Waals surface area contributed by atoms with Crippen LogP contribution in [0.15, 0.2) is 60.0 Å². The maximum Gasteiger partial charge on any atom is 0.265 e. The summed E-state index contributed by atoms with van der Waals surface area (Å²) in [6.45, 7) is 3.03. The Bertz CT molecular complexity index is 1050. The first-order valence-corrected chi connectivity index (χ1v) is 10.6. The van der Waals surface area contributed by atoms with Gasteiger partial charge >= 0.3 is 0 Å². The zero-order valence-electron chi connectivity index (χ0n) is 16.6. The number of thiophene rings is 1. The lowest BCUT2D eigenvalue weighted by Crippen LogP contribution is -2.39. The SMILES string of the molecule is Cc1cccc(OCCCN2C(=O)COc3ccc(NC(=O)c4cccs4)cc32)c1. The summed E-state index contributed by atoms with van der Waals surface area (Å²) in [7, 11) is 0. The molecule has 2 aromatic carbocycles. The first-order chi connectivity index (χ1) is 14.6. The Kier molecular flexibility index (Phi) is 5.99. The van der Waals surface area contributed by atoms with E-state index in [1.54, 1.807) is 29.2 Å². The van der Waals surface area contributed by atoms with E-state index in [1.807, 2.05) is 42.6 Å². The molecule has 7 heteroatoms. The van der Waals surface area contributed by atoms with Crippen molar-refractivity contribution in [1.29, 1.82) is 0 Å². The Balaban J connectivity index is 1.41. The van der Waals surface area contributed by atoms with E-state index >= 15 is 0 Å². The molecule has 0 bridgehead atoms. The number of fused-ring (bicyclic) bond motifs is 1. The molecular weight excluding hydrogens is 400 g/mol. The molecule has 0 atom stereocenters. The monoisotopic (exact) mass is 422 g/mol. The van der Waals surface area contributed by atoms with Crippen LogP contribution in [-0.4, -0.2) is 31.6 Å². The number of amides is 2. The van der Waals surface area contributed by atoms with Crippen LogP contribution >= 0.6 is 11.3 Å². The molecule has 4 rings (SSSR count). The van der Waals surface area contributed by atoms with Gasteiger partial charge in [0.2, 0.25) is 0 Å². The normalized spacial score (nSPS) is 12.8. The lowest BCUT2D eigenvalue weighted by Gasteiger charge is -2.29. The van der Waals surface area contributed by atoms with Crippen LogP contribution in [0.1, 0.15) is 21.7 Å². The van der Waals surface area contributed by atoms with Crippen LogP contribution in [0, 0.1) is 6.92 Å². The molecule has 0 unspecified atom stereocenters. The molecule has 30 heavy (non-hydrogen) atoms. The minimum Gasteiger partial charge on any atom is -0.494 e. The van der Waals surface area contributed by atoms with E-state index in [0.717, 1.165) is 11.3 Å². The Morgan fingerprint density at radius 3 is 2.90 bits per heavy atom. The molecule has 3 aromatic rings. The topological polar surface area (TPSA) is 67.9 Å². The highest BCUT2D eigenvalue weighted by molar-refractivity contribution is 7.12. The van der Waals surface area contributed by atoms with Gasteiger partial charge in [0.25, 0.3) is 11.8 Å². The van der Waals surface area contributed by atoms with Crippen molar-refractivity contribution in [3.63, 3.8) is 0 Å². The second-order valence-corrected chi connectivity index (χ2v) is 7.91. The van der Waals surface area contributed by atoms with Gasteiger partial charge in [-0.1, -0.05) is 18.2 Å². The Morgan fingerprint density at radius 1 is 1.20 bits per heavy atom. The quantitative estimate of drug-likeness (QED) is 0.569. The third kappa shape index (κ3) is 4.63. The predicted molar refractivity (Wildman–Crippen MR) is 118 cm³/mol. The second kappa shape index (κ2) is 9.00. The number of ether oxygens (including phenoxy) is 2. The molecule has 6 nitrogen and oxygen atoms in total. The first-order valence-electron chi connectivity index (χ1n) is 9.72. The molecule has 0 fully saturated rings. The summed E-state index contributed by atoms with van der Waals surface area (Å²) < 4.78 is 11.3. The standard InChI is InChI=1S/C23H22N2O4S/c1-16-5-2-6-18(13-16)28-11-4-10-25-19-14-17(8-9-20(19)29-15-22(25)26)24-23(27)21-7-3-12-30-21/h2-3,5-9,12-14H,4,10-11,15H2,1H3,(H,24,27). The number of nitrogens with zero attached hydrogens (tertiary/aromatic N) is 1. The summed E-state index contributed by atoms with van der Waals surface area (Å²) in [5.41, 5.74) is 2.42. The van der Waals surface area contributed by atoms with Crippen molar-refractivity contribution in [3.05, 3.63) is 70.4 Å². The van der Waals surface area contributed by atoms with Crippen LogP contribution < -0.4 is 19.7 Å². The summed E-state index contributed by atoms with van der Waals surface area (Å²) in [5, 5.41) is 4.73. The van der Waals surface area contributed by atoms with Crippen molar-refractivity contribution in [1.82, 2.24) is 0 Å². The van der Waals surface area contributed by atoms with E-state index in [2.05, 4.69) is 5.32 Å². The van der Waals surface area contributed by atoms with E-state index < -0.39 is 0 Å². The van der Waals surface area contributed by atoms with Crippen molar-refractivity contribution in [2.75, 3.05) is 30.0 Å². The smallest absolute Gasteiger partial charge is 0.265 e. The van der Waals surface area contributed by atoms with Gasteiger partial charge in [0.1, 0.15) is 11.5 Å². The minimum atomic E-state index is -0.175. The summed E-state index contributed by atoms with van der Waals surface area (Å²) in [6, 6.07) is 16.8.